The zero-order valence-electron chi connectivity index (χ0n) is 10.0. The summed E-state index contributed by atoms with van der Waals surface area (Å²) in [7, 11) is 0. The molecular formula is C13H26N2. The molecule has 2 fully saturated rings. The number of nitrogens with zero attached hydrogens (tertiary/aromatic N) is 1. The average molecular weight is 210 g/mol. The van der Waals surface area contributed by atoms with Crippen LogP contribution in [0.25, 0.3) is 0 Å². The van der Waals surface area contributed by atoms with Gasteiger partial charge in [0, 0.05) is 0 Å². The molecule has 0 saturated carbocycles. The maximum atomic E-state index is 3.46. The highest BCUT2D eigenvalue weighted by atomic mass is 15.1. The molecule has 1 unspecified atom stereocenters. The topological polar surface area (TPSA) is 15.3 Å². The van der Waals surface area contributed by atoms with Gasteiger partial charge in [0.25, 0.3) is 0 Å². The summed E-state index contributed by atoms with van der Waals surface area (Å²) < 4.78 is 0. The van der Waals surface area contributed by atoms with Gasteiger partial charge in [-0.2, -0.15) is 0 Å². The molecule has 1 atom stereocenters. The third-order valence-corrected chi connectivity index (χ3v) is 3.96. The fourth-order valence-electron chi connectivity index (χ4n) is 2.86. The Bertz CT molecular complexity index is 156. The highest BCUT2D eigenvalue weighted by molar-refractivity contribution is 4.73. The molecule has 2 rings (SSSR count). The molecule has 0 bridgehead atoms. The lowest BCUT2D eigenvalue weighted by Crippen LogP contribution is -2.29. The molecule has 0 aromatic carbocycles. The Morgan fingerprint density at radius 2 is 1.73 bits per heavy atom. The van der Waals surface area contributed by atoms with E-state index >= 15 is 0 Å². The first-order chi connectivity index (χ1) is 7.45. The zero-order valence-corrected chi connectivity index (χ0v) is 10.0. The van der Waals surface area contributed by atoms with E-state index < -0.39 is 0 Å². The summed E-state index contributed by atoms with van der Waals surface area (Å²) in [6.45, 7) is 6.60. The Labute approximate surface area is 94.4 Å². The molecule has 2 aliphatic rings. The first kappa shape index (κ1) is 11.4. The predicted octanol–water partition coefficient (Wildman–Crippen LogP) is 2.25. The van der Waals surface area contributed by atoms with Gasteiger partial charge in [-0.15, -0.1) is 0 Å². The summed E-state index contributed by atoms with van der Waals surface area (Å²) in [5.74, 6) is 0.968. The van der Waals surface area contributed by atoms with Crippen molar-refractivity contribution in [3.8, 4) is 0 Å². The van der Waals surface area contributed by atoms with E-state index in [1.165, 1.54) is 77.7 Å². The van der Waals surface area contributed by atoms with Crippen molar-refractivity contribution in [2.24, 2.45) is 5.92 Å². The van der Waals surface area contributed by atoms with Crippen LogP contribution in [0, 0.1) is 5.92 Å². The summed E-state index contributed by atoms with van der Waals surface area (Å²) in [5, 5.41) is 3.46. The molecule has 0 aromatic heterocycles. The standard InChI is InChI=1S/C13H26N2/c1-2-4-9-15(10-5-3-1)11-7-13-6-8-14-12-13/h13-14H,1-12H2. The van der Waals surface area contributed by atoms with E-state index in [0.29, 0.717) is 0 Å². The zero-order chi connectivity index (χ0) is 10.3. The van der Waals surface area contributed by atoms with Crippen LogP contribution in [0.15, 0.2) is 0 Å². The molecule has 2 aliphatic heterocycles. The minimum absolute atomic E-state index is 0.968. The van der Waals surface area contributed by atoms with Gasteiger partial charge in [0.1, 0.15) is 0 Å². The molecule has 0 aliphatic carbocycles. The molecule has 2 nitrogen and oxygen atoms in total. The van der Waals surface area contributed by atoms with Crippen LogP contribution in [0.2, 0.25) is 0 Å². The first-order valence-corrected chi connectivity index (χ1v) is 6.88. The predicted molar refractivity (Wildman–Crippen MR) is 65.1 cm³/mol. The number of hydrogen-bond donors (Lipinski definition) is 1. The van der Waals surface area contributed by atoms with E-state index in [2.05, 4.69) is 10.2 Å². The second-order valence-electron chi connectivity index (χ2n) is 5.26. The van der Waals surface area contributed by atoms with Crippen LogP contribution in [0.5, 0.6) is 0 Å². The minimum Gasteiger partial charge on any atom is -0.316 e. The van der Waals surface area contributed by atoms with Crippen molar-refractivity contribution in [2.75, 3.05) is 32.7 Å². The van der Waals surface area contributed by atoms with Crippen LogP contribution in [0.4, 0.5) is 0 Å². The van der Waals surface area contributed by atoms with Gasteiger partial charge in [-0.1, -0.05) is 19.3 Å². The second kappa shape index (κ2) is 6.49. The minimum atomic E-state index is 0.968. The fraction of sp³-hybridized carbons (Fsp3) is 1.00. The summed E-state index contributed by atoms with van der Waals surface area (Å²) in [4.78, 5) is 2.71. The largest absolute Gasteiger partial charge is 0.316 e. The third kappa shape index (κ3) is 4.12. The van der Waals surface area contributed by atoms with Crippen molar-refractivity contribution in [2.45, 2.75) is 44.9 Å². The van der Waals surface area contributed by atoms with E-state index in [9.17, 15) is 0 Å². The van der Waals surface area contributed by atoms with Crippen LogP contribution in [0.3, 0.4) is 0 Å². The second-order valence-corrected chi connectivity index (χ2v) is 5.26. The Kier molecular flexibility index (Phi) is 4.94. The van der Waals surface area contributed by atoms with E-state index in [0.717, 1.165) is 5.92 Å². The summed E-state index contributed by atoms with van der Waals surface area (Å²) >= 11 is 0. The van der Waals surface area contributed by atoms with Gasteiger partial charge >= 0.3 is 0 Å². The lowest BCUT2D eigenvalue weighted by molar-refractivity contribution is 0.232. The van der Waals surface area contributed by atoms with Crippen LogP contribution < -0.4 is 5.32 Å². The number of nitrogens with one attached hydrogen (secondary N) is 1. The van der Waals surface area contributed by atoms with Crippen LogP contribution in [0.1, 0.15) is 44.9 Å². The Hall–Kier alpha value is -0.0800. The monoisotopic (exact) mass is 210 g/mol. The molecule has 0 radical (unpaired) electrons. The quantitative estimate of drug-likeness (QED) is 0.768. The van der Waals surface area contributed by atoms with Gasteiger partial charge in [-0.3, -0.25) is 0 Å². The highest BCUT2D eigenvalue weighted by Gasteiger charge is 2.16. The Balaban J connectivity index is 1.62. The van der Waals surface area contributed by atoms with Crippen molar-refractivity contribution in [3.63, 3.8) is 0 Å². The Morgan fingerprint density at radius 1 is 1.00 bits per heavy atom. The maximum Gasteiger partial charge on any atom is -0.00156 e. The fourth-order valence-corrected chi connectivity index (χ4v) is 2.86. The van der Waals surface area contributed by atoms with E-state index in [1.807, 2.05) is 0 Å². The van der Waals surface area contributed by atoms with Gasteiger partial charge in [0.05, 0.1) is 0 Å². The van der Waals surface area contributed by atoms with Gasteiger partial charge in [0.15, 0.2) is 0 Å². The lowest BCUT2D eigenvalue weighted by atomic mass is 10.0. The molecule has 1 N–H and O–H groups in total. The van der Waals surface area contributed by atoms with Crippen molar-refractivity contribution in [1.82, 2.24) is 10.2 Å². The van der Waals surface area contributed by atoms with Crippen LogP contribution in [-0.2, 0) is 0 Å². The van der Waals surface area contributed by atoms with Crippen LogP contribution in [-0.4, -0.2) is 37.6 Å². The van der Waals surface area contributed by atoms with E-state index in [4.69, 9.17) is 0 Å². The summed E-state index contributed by atoms with van der Waals surface area (Å²) in [6.07, 6.45) is 10.1. The smallest absolute Gasteiger partial charge is 0.00156 e. The maximum absolute atomic E-state index is 3.46. The van der Waals surface area contributed by atoms with E-state index in [-0.39, 0.29) is 0 Å². The average Bonchev–Trinajstić information content (AvgIpc) is 2.68. The van der Waals surface area contributed by atoms with Gasteiger partial charge in [0.2, 0.25) is 0 Å². The molecule has 15 heavy (non-hydrogen) atoms. The SMILES string of the molecule is C1CCCN(CCC2CCNC2)CCC1. The Morgan fingerprint density at radius 3 is 2.40 bits per heavy atom. The molecule has 0 spiro atoms. The van der Waals surface area contributed by atoms with Gasteiger partial charge in [-0.05, 0) is 64.3 Å². The summed E-state index contributed by atoms with van der Waals surface area (Å²) in [5.41, 5.74) is 0. The molecule has 88 valence electrons. The molecule has 0 amide bonds. The molecule has 2 heteroatoms. The molecule has 0 aromatic rings. The number of likely N-dealkylation sites (tertiary alicyclic amines) is 1. The normalized spacial score (nSPS) is 30.0. The van der Waals surface area contributed by atoms with Crippen molar-refractivity contribution >= 4 is 0 Å². The van der Waals surface area contributed by atoms with Gasteiger partial charge < -0.3 is 10.2 Å². The van der Waals surface area contributed by atoms with E-state index in [1.54, 1.807) is 0 Å². The lowest BCUT2D eigenvalue weighted by Gasteiger charge is -2.25. The highest BCUT2D eigenvalue weighted by Crippen LogP contribution is 2.15. The molecule has 2 heterocycles. The first-order valence-electron chi connectivity index (χ1n) is 6.88. The third-order valence-electron chi connectivity index (χ3n) is 3.96. The summed E-state index contributed by atoms with van der Waals surface area (Å²) in [6, 6.07) is 0. The van der Waals surface area contributed by atoms with Gasteiger partial charge in [-0.25, -0.2) is 0 Å². The number of rotatable bonds is 3. The molecule has 2 saturated heterocycles. The molecular weight excluding hydrogens is 184 g/mol. The van der Waals surface area contributed by atoms with Crippen molar-refractivity contribution in [3.05, 3.63) is 0 Å². The van der Waals surface area contributed by atoms with Crippen molar-refractivity contribution < 1.29 is 0 Å². The van der Waals surface area contributed by atoms with Crippen LogP contribution >= 0.6 is 0 Å². The van der Waals surface area contributed by atoms with Crippen molar-refractivity contribution in [1.29, 1.82) is 0 Å². The number of hydrogen-bond acceptors (Lipinski definition) is 2.